The Balaban J connectivity index is 1.72. The van der Waals surface area contributed by atoms with Gasteiger partial charge in [0.1, 0.15) is 10.6 Å². The number of carbonyl (C=O) groups excluding carboxylic acids is 1. The molecule has 1 heterocycles. The smallest absolute Gasteiger partial charge is 0.253 e. The van der Waals surface area contributed by atoms with Crippen molar-refractivity contribution >= 4 is 39.1 Å². The zero-order valence-corrected chi connectivity index (χ0v) is 16.9. The van der Waals surface area contributed by atoms with Gasteiger partial charge in [0, 0.05) is 31.7 Å². The highest BCUT2D eigenvalue weighted by Gasteiger charge is 2.33. The molecule has 1 fully saturated rings. The summed E-state index contributed by atoms with van der Waals surface area (Å²) in [7, 11) is -2.27. The van der Waals surface area contributed by atoms with Crippen molar-refractivity contribution < 1.29 is 17.9 Å². The van der Waals surface area contributed by atoms with E-state index in [1.165, 1.54) is 16.4 Å². The lowest BCUT2D eigenvalue weighted by atomic mass is 10.2. The van der Waals surface area contributed by atoms with Gasteiger partial charge in [0.05, 0.1) is 17.2 Å². The minimum atomic E-state index is -3.83. The number of rotatable bonds is 4. The second-order valence-electron chi connectivity index (χ2n) is 5.98. The Kier molecular flexibility index (Phi) is 5.95. The quantitative estimate of drug-likeness (QED) is 0.749. The summed E-state index contributed by atoms with van der Waals surface area (Å²) < 4.78 is 32.2. The molecule has 3 rings (SSSR count). The van der Waals surface area contributed by atoms with Crippen LogP contribution in [0.4, 0.5) is 0 Å². The molecule has 0 N–H and O–H groups in total. The number of piperazine rings is 1. The fourth-order valence-electron chi connectivity index (χ4n) is 2.91. The number of carbonyl (C=O) groups is 1. The molecule has 0 atom stereocenters. The highest BCUT2D eigenvalue weighted by atomic mass is 35.5. The number of halogens is 2. The normalized spacial score (nSPS) is 15.6. The molecule has 9 heteroatoms. The summed E-state index contributed by atoms with van der Waals surface area (Å²) in [6, 6.07) is 11.4. The van der Waals surface area contributed by atoms with Crippen LogP contribution in [0.2, 0.25) is 10.0 Å². The first-order valence-corrected chi connectivity index (χ1v) is 10.4. The van der Waals surface area contributed by atoms with Crippen molar-refractivity contribution in [3.05, 3.63) is 58.1 Å². The van der Waals surface area contributed by atoms with Gasteiger partial charge in [-0.05, 0) is 36.4 Å². The third-order valence-corrected chi connectivity index (χ3v) is 7.23. The topological polar surface area (TPSA) is 66.9 Å². The molecule has 6 nitrogen and oxygen atoms in total. The molecule has 1 saturated heterocycles. The van der Waals surface area contributed by atoms with Crippen molar-refractivity contribution in [3.63, 3.8) is 0 Å². The van der Waals surface area contributed by atoms with E-state index in [1.807, 2.05) is 0 Å². The molecule has 0 aromatic heterocycles. The lowest BCUT2D eigenvalue weighted by Crippen LogP contribution is -2.50. The van der Waals surface area contributed by atoms with Gasteiger partial charge in [0.15, 0.2) is 0 Å². The van der Waals surface area contributed by atoms with E-state index in [-0.39, 0.29) is 47.0 Å². The maximum atomic E-state index is 12.9. The Hall–Kier alpha value is -1.80. The van der Waals surface area contributed by atoms with Crippen LogP contribution in [-0.2, 0) is 10.0 Å². The van der Waals surface area contributed by atoms with E-state index in [1.54, 1.807) is 42.3 Å². The number of nitrogens with zero attached hydrogens (tertiary/aromatic N) is 2. The standard InChI is InChI=1S/C18H18Cl2N2O4S/c1-26-14-7-5-13(6-8-14)18(23)21-9-11-22(12-10-21)27(24,25)17-15(19)3-2-4-16(17)20/h2-8H,9-12H2,1H3. The number of hydrogen-bond donors (Lipinski definition) is 0. The molecule has 0 unspecified atom stereocenters. The summed E-state index contributed by atoms with van der Waals surface area (Å²) in [5, 5.41) is 0.165. The van der Waals surface area contributed by atoms with Crippen molar-refractivity contribution in [2.45, 2.75) is 4.90 Å². The number of hydrogen-bond acceptors (Lipinski definition) is 4. The summed E-state index contributed by atoms with van der Waals surface area (Å²) in [6.45, 7) is 0.913. The molecule has 0 spiro atoms. The van der Waals surface area contributed by atoms with Crippen molar-refractivity contribution in [2.75, 3.05) is 33.3 Å². The Labute approximate surface area is 168 Å². The Morgan fingerprint density at radius 2 is 1.52 bits per heavy atom. The van der Waals surface area contributed by atoms with Crippen molar-refractivity contribution in [2.24, 2.45) is 0 Å². The summed E-state index contributed by atoms with van der Waals surface area (Å²) in [4.78, 5) is 14.1. The first-order valence-electron chi connectivity index (χ1n) is 8.22. The molecule has 144 valence electrons. The molecule has 2 aromatic carbocycles. The van der Waals surface area contributed by atoms with Gasteiger partial charge in [-0.3, -0.25) is 4.79 Å². The predicted molar refractivity (Wildman–Crippen MR) is 104 cm³/mol. The number of benzene rings is 2. The summed E-state index contributed by atoms with van der Waals surface area (Å²) in [5.41, 5.74) is 0.529. The molecule has 0 bridgehead atoms. The van der Waals surface area contributed by atoms with E-state index in [9.17, 15) is 13.2 Å². The lowest BCUT2D eigenvalue weighted by Gasteiger charge is -2.34. The molecule has 27 heavy (non-hydrogen) atoms. The predicted octanol–water partition coefficient (Wildman–Crippen LogP) is 3.15. The van der Waals surface area contributed by atoms with E-state index in [0.717, 1.165) is 0 Å². The third kappa shape index (κ3) is 4.06. The van der Waals surface area contributed by atoms with Crippen molar-refractivity contribution in [1.82, 2.24) is 9.21 Å². The SMILES string of the molecule is COc1ccc(C(=O)N2CCN(S(=O)(=O)c3c(Cl)cccc3Cl)CC2)cc1. The van der Waals surface area contributed by atoms with Crippen LogP contribution in [0.5, 0.6) is 5.75 Å². The minimum absolute atomic E-state index is 0.0826. The van der Waals surface area contributed by atoms with Gasteiger partial charge >= 0.3 is 0 Å². The van der Waals surface area contributed by atoms with E-state index in [4.69, 9.17) is 27.9 Å². The monoisotopic (exact) mass is 428 g/mol. The average molecular weight is 429 g/mol. The van der Waals surface area contributed by atoms with Crippen LogP contribution in [-0.4, -0.2) is 56.8 Å². The van der Waals surface area contributed by atoms with Crippen LogP contribution in [0, 0.1) is 0 Å². The van der Waals surface area contributed by atoms with Crippen molar-refractivity contribution in [3.8, 4) is 5.75 Å². The van der Waals surface area contributed by atoms with E-state index in [2.05, 4.69) is 0 Å². The molecular weight excluding hydrogens is 411 g/mol. The summed E-state index contributed by atoms with van der Waals surface area (Å²) in [6.07, 6.45) is 0. The number of ether oxygens (including phenoxy) is 1. The highest BCUT2D eigenvalue weighted by Crippen LogP contribution is 2.32. The molecule has 1 aliphatic heterocycles. The highest BCUT2D eigenvalue weighted by molar-refractivity contribution is 7.89. The van der Waals surface area contributed by atoms with E-state index >= 15 is 0 Å². The van der Waals surface area contributed by atoms with Gasteiger partial charge in [-0.1, -0.05) is 29.3 Å². The molecule has 1 aliphatic rings. The van der Waals surface area contributed by atoms with Gasteiger partial charge in [-0.2, -0.15) is 4.31 Å². The van der Waals surface area contributed by atoms with E-state index in [0.29, 0.717) is 11.3 Å². The van der Waals surface area contributed by atoms with Gasteiger partial charge in [-0.15, -0.1) is 0 Å². The largest absolute Gasteiger partial charge is 0.497 e. The molecular formula is C18H18Cl2N2O4S. The maximum absolute atomic E-state index is 12.9. The maximum Gasteiger partial charge on any atom is 0.253 e. The lowest BCUT2D eigenvalue weighted by molar-refractivity contribution is 0.0698. The molecule has 0 radical (unpaired) electrons. The van der Waals surface area contributed by atoms with Crippen LogP contribution >= 0.6 is 23.2 Å². The van der Waals surface area contributed by atoms with Crippen LogP contribution in [0.25, 0.3) is 0 Å². The number of sulfonamides is 1. The zero-order chi connectivity index (χ0) is 19.6. The first kappa shape index (κ1) is 19.9. The fourth-order valence-corrected chi connectivity index (χ4v) is 5.42. The van der Waals surface area contributed by atoms with Crippen molar-refractivity contribution in [1.29, 1.82) is 0 Å². The van der Waals surface area contributed by atoms with Crippen LogP contribution in [0.15, 0.2) is 47.4 Å². The van der Waals surface area contributed by atoms with Gasteiger partial charge < -0.3 is 9.64 Å². The Morgan fingerprint density at radius 1 is 0.963 bits per heavy atom. The van der Waals surface area contributed by atoms with Crippen LogP contribution in [0.1, 0.15) is 10.4 Å². The van der Waals surface area contributed by atoms with Gasteiger partial charge in [0.2, 0.25) is 10.0 Å². The summed E-state index contributed by atoms with van der Waals surface area (Å²) >= 11 is 12.1. The van der Waals surface area contributed by atoms with Crippen LogP contribution in [0.3, 0.4) is 0 Å². The van der Waals surface area contributed by atoms with Crippen LogP contribution < -0.4 is 4.74 Å². The molecule has 2 aromatic rings. The molecule has 1 amide bonds. The van der Waals surface area contributed by atoms with E-state index < -0.39 is 10.0 Å². The second kappa shape index (κ2) is 8.06. The fraction of sp³-hybridized carbons (Fsp3) is 0.278. The Bertz CT molecular complexity index is 920. The number of methoxy groups -OCH3 is 1. The van der Waals surface area contributed by atoms with Gasteiger partial charge in [0.25, 0.3) is 5.91 Å². The zero-order valence-electron chi connectivity index (χ0n) is 14.6. The molecule has 0 saturated carbocycles. The molecule has 0 aliphatic carbocycles. The first-order chi connectivity index (χ1) is 12.8. The second-order valence-corrected chi connectivity index (χ2v) is 8.66. The van der Waals surface area contributed by atoms with Gasteiger partial charge in [-0.25, -0.2) is 8.42 Å². The minimum Gasteiger partial charge on any atom is -0.497 e. The Morgan fingerprint density at radius 3 is 2.04 bits per heavy atom. The average Bonchev–Trinajstić information content (AvgIpc) is 2.67. The number of amides is 1. The third-order valence-electron chi connectivity index (χ3n) is 4.38. The summed E-state index contributed by atoms with van der Waals surface area (Å²) in [5.74, 6) is 0.518.